The third-order valence-corrected chi connectivity index (χ3v) is 3.45. The van der Waals surface area contributed by atoms with Gasteiger partial charge in [0.2, 0.25) is 0 Å². The quantitative estimate of drug-likeness (QED) is 0.915. The maximum absolute atomic E-state index is 5.92. The molecule has 0 atom stereocenters. The third kappa shape index (κ3) is 2.58. The van der Waals surface area contributed by atoms with Crippen molar-refractivity contribution in [3.63, 3.8) is 0 Å². The summed E-state index contributed by atoms with van der Waals surface area (Å²) in [4.78, 5) is 2.22. The molecule has 1 aromatic heterocycles. The first kappa shape index (κ1) is 11.5. The van der Waals surface area contributed by atoms with Crippen LogP contribution in [0.1, 0.15) is 5.56 Å². The molecule has 0 saturated heterocycles. The Balaban J connectivity index is 2.27. The molecule has 2 rings (SSSR count). The Bertz CT molecular complexity index is 496. The minimum Gasteiger partial charge on any atom is -0.326 e. The Hall–Kier alpha value is -0.970. The zero-order chi connectivity index (χ0) is 11.5. The molecule has 0 bridgehead atoms. The van der Waals surface area contributed by atoms with Crippen molar-refractivity contribution in [2.45, 2.75) is 16.3 Å². The normalized spacial score (nSPS) is 10.7. The molecule has 0 unspecified atom stereocenters. The van der Waals surface area contributed by atoms with Crippen molar-refractivity contribution < 1.29 is 0 Å². The van der Waals surface area contributed by atoms with E-state index in [1.807, 2.05) is 37.6 Å². The maximum atomic E-state index is 5.92. The summed E-state index contributed by atoms with van der Waals surface area (Å²) in [5.41, 5.74) is 6.74. The third-order valence-electron chi connectivity index (χ3n) is 2.15. The van der Waals surface area contributed by atoms with Crippen LogP contribution in [0.2, 0.25) is 5.02 Å². The Labute approximate surface area is 104 Å². The summed E-state index contributed by atoms with van der Waals surface area (Å²) in [6.45, 7) is 0.489. The Morgan fingerprint density at radius 2 is 2.31 bits per heavy atom. The number of halogens is 1. The van der Waals surface area contributed by atoms with Crippen molar-refractivity contribution in [3.8, 4) is 0 Å². The van der Waals surface area contributed by atoms with Gasteiger partial charge in [0, 0.05) is 29.7 Å². The number of hydrogen-bond donors (Lipinski definition) is 1. The first-order chi connectivity index (χ1) is 7.69. The fourth-order valence-corrected chi connectivity index (χ4v) is 2.55. The molecule has 84 valence electrons. The number of aryl methyl sites for hydroxylation is 1. The van der Waals surface area contributed by atoms with Crippen LogP contribution < -0.4 is 5.73 Å². The van der Waals surface area contributed by atoms with E-state index in [2.05, 4.69) is 5.10 Å². The largest absolute Gasteiger partial charge is 0.326 e. The van der Waals surface area contributed by atoms with E-state index >= 15 is 0 Å². The zero-order valence-corrected chi connectivity index (χ0v) is 10.4. The van der Waals surface area contributed by atoms with Gasteiger partial charge in [0.25, 0.3) is 0 Å². The topological polar surface area (TPSA) is 43.8 Å². The van der Waals surface area contributed by atoms with Gasteiger partial charge >= 0.3 is 0 Å². The number of nitrogens with zero attached hydrogens (tertiary/aromatic N) is 2. The van der Waals surface area contributed by atoms with Crippen molar-refractivity contribution in [1.29, 1.82) is 0 Å². The van der Waals surface area contributed by atoms with Crippen LogP contribution in [0.5, 0.6) is 0 Å². The molecular weight excluding hydrogens is 242 g/mol. The molecule has 0 aliphatic heterocycles. The second-order valence-corrected chi connectivity index (χ2v) is 4.96. The molecule has 1 heterocycles. The van der Waals surface area contributed by atoms with Crippen LogP contribution in [-0.4, -0.2) is 9.78 Å². The standard InChI is InChI=1S/C11H12ClN3S/c1-15-7-10(6-14-15)16-11-3-2-9(12)4-8(11)5-13/h2-4,6-7H,5,13H2,1H3. The molecule has 2 N–H and O–H groups in total. The summed E-state index contributed by atoms with van der Waals surface area (Å²) in [6.07, 6.45) is 3.80. The second kappa shape index (κ2) is 4.91. The summed E-state index contributed by atoms with van der Waals surface area (Å²) < 4.78 is 1.78. The van der Waals surface area contributed by atoms with E-state index in [4.69, 9.17) is 17.3 Å². The fraction of sp³-hybridized carbons (Fsp3) is 0.182. The van der Waals surface area contributed by atoms with Crippen molar-refractivity contribution >= 4 is 23.4 Å². The Morgan fingerprint density at radius 1 is 1.50 bits per heavy atom. The number of aromatic nitrogens is 2. The number of hydrogen-bond acceptors (Lipinski definition) is 3. The van der Waals surface area contributed by atoms with Gasteiger partial charge in [0.1, 0.15) is 0 Å². The van der Waals surface area contributed by atoms with Gasteiger partial charge in [-0.2, -0.15) is 5.10 Å². The molecule has 0 aliphatic rings. The predicted molar refractivity (Wildman–Crippen MR) is 66.7 cm³/mol. The SMILES string of the molecule is Cn1cc(Sc2ccc(Cl)cc2CN)cn1. The first-order valence-corrected chi connectivity index (χ1v) is 6.03. The minimum absolute atomic E-state index is 0.489. The Morgan fingerprint density at radius 3 is 2.94 bits per heavy atom. The average molecular weight is 254 g/mol. The van der Waals surface area contributed by atoms with Gasteiger partial charge in [-0.15, -0.1) is 0 Å². The minimum atomic E-state index is 0.489. The molecule has 0 amide bonds. The van der Waals surface area contributed by atoms with E-state index in [9.17, 15) is 0 Å². The number of rotatable bonds is 3. The first-order valence-electron chi connectivity index (χ1n) is 4.84. The predicted octanol–water partition coefficient (Wildman–Crippen LogP) is 2.68. The van der Waals surface area contributed by atoms with Crippen LogP contribution in [0.4, 0.5) is 0 Å². The highest BCUT2D eigenvalue weighted by molar-refractivity contribution is 7.99. The lowest BCUT2D eigenvalue weighted by molar-refractivity contribution is 0.766. The molecule has 0 saturated carbocycles. The average Bonchev–Trinajstić information content (AvgIpc) is 2.67. The molecule has 1 aromatic carbocycles. The second-order valence-electron chi connectivity index (χ2n) is 3.41. The maximum Gasteiger partial charge on any atom is 0.0629 e. The van der Waals surface area contributed by atoms with E-state index in [0.717, 1.165) is 20.4 Å². The summed E-state index contributed by atoms with van der Waals surface area (Å²) in [5, 5.41) is 4.84. The highest BCUT2D eigenvalue weighted by Gasteiger charge is 2.05. The van der Waals surface area contributed by atoms with Gasteiger partial charge in [0.05, 0.1) is 11.1 Å². The molecule has 16 heavy (non-hydrogen) atoms. The highest BCUT2D eigenvalue weighted by Crippen LogP contribution is 2.31. The fourth-order valence-electron chi connectivity index (χ4n) is 1.39. The summed E-state index contributed by atoms with van der Waals surface area (Å²) >= 11 is 7.57. The van der Waals surface area contributed by atoms with Crippen LogP contribution in [-0.2, 0) is 13.6 Å². The van der Waals surface area contributed by atoms with Gasteiger partial charge < -0.3 is 5.73 Å². The van der Waals surface area contributed by atoms with E-state index in [1.54, 1.807) is 16.4 Å². The van der Waals surface area contributed by atoms with Crippen LogP contribution in [0.15, 0.2) is 40.4 Å². The summed E-state index contributed by atoms with van der Waals surface area (Å²) in [7, 11) is 1.90. The van der Waals surface area contributed by atoms with Gasteiger partial charge in [-0.3, -0.25) is 4.68 Å². The summed E-state index contributed by atoms with van der Waals surface area (Å²) in [5.74, 6) is 0. The van der Waals surface area contributed by atoms with Gasteiger partial charge in [-0.1, -0.05) is 23.4 Å². The van der Waals surface area contributed by atoms with E-state index < -0.39 is 0 Å². The lowest BCUT2D eigenvalue weighted by Crippen LogP contribution is -1.97. The molecule has 0 spiro atoms. The molecule has 0 aliphatic carbocycles. The van der Waals surface area contributed by atoms with Crippen LogP contribution in [0.3, 0.4) is 0 Å². The van der Waals surface area contributed by atoms with E-state index in [1.165, 1.54) is 0 Å². The molecule has 3 nitrogen and oxygen atoms in total. The molecular formula is C11H12ClN3S. The van der Waals surface area contributed by atoms with E-state index in [-0.39, 0.29) is 0 Å². The van der Waals surface area contributed by atoms with Crippen LogP contribution in [0, 0.1) is 0 Å². The van der Waals surface area contributed by atoms with Crippen molar-refractivity contribution in [2.75, 3.05) is 0 Å². The molecule has 0 fully saturated rings. The monoisotopic (exact) mass is 253 g/mol. The highest BCUT2D eigenvalue weighted by atomic mass is 35.5. The van der Waals surface area contributed by atoms with Crippen LogP contribution in [0.25, 0.3) is 0 Å². The summed E-state index contributed by atoms with van der Waals surface area (Å²) in [6, 6.07) is 5.77. The number of nitrogens with two attached hydrogens (primary N) is 1. The van der Waals surface area contributed by atoms with Crippen LogP contribution >= 0.6 is 23.4 Å². The smallest absolute Gasteiger partial charge is 0.0629 e. The lowest BCUT2D eigenvalue weighted by atomic mass is 10.2. The number of benzene rings is 1. The molecule has 0 radical (unpaired) electrons. The van der Waals surface area contributed by atoms with E-state index in [0.29, 0.717) is 6.54 Å². The molecule has 2 aromatic rings. The van der Waals surface area contributed by atoms with Crippen molar-refractivity contribution in [3.05, 3.63) is 41.2 Å². The van der Waals surface area contributed by atoms with Crippen molar-refractivity contribution in [1.82, 2.24) is 9.78 Å². The zero-order valence-electron chi connectivity index (χ0n) is 8.85. The van der Waals surface area contributed by atoms with Gasteiger partial charge in [-0.25, -0.2) is 0 Å². The molecule has 5 heteroatoms. The van der Waals surface area contributed by atoms with Crippen molar-refractivity contribution in [2.24, 2.45) is 12.8 Å². The lowest BCUT2D eigenvalue weighted by Gasteiger charge is -2.06. The van der Waals surface area contributed by atoms with Gasteiger partial charge in [0.15, 0.2) is 0 Å². The Kier molecular flexibility index (Phi) is 3.53. The van der Waals surface area contributed by atoms with Gasteiger partial charge in [-0.05, 0) is 23.8 Å².